The van der Waals surface area contributed by atoms with Gasteiger partial charge in [-0.15, -0.1) is 11.3 Å². The van der Waals surface area contributed by atoms with Gasteiger partial charge in [-0.1, -0.05) is 0 Å². The number of hydrogen-bond donors (Lipinski definition) is 2. The highest BCUT2D eigenvalue weighted by atomic mass is 32.1. The predicted molar refractivity (Wildman–Crippen MR) is 61.0 cm³/mol. The minimum Gasteiger partial charge on any atom is -0.394 e. The maximum atomic E-state index is 9.46. The van der Waals surface area contributed by atoms with Crippen molar-refractivity contribution in [1.29, 1.82) is 0 Å². The summed E-state index contributed by atoms with van der Waals surface area (Å²) < 4.78 is 0. The molecule has 0 aromatic carbocycles. The standard InChI is InChI=1S/C10H17N3OS/c14-7-9(10-6-12-8-15-10)13-4-1-2-11-3-5-13/h6,8-9,11,14H,1-5,7H2. The molecule has 1 aliphatic rings. The molecule has 0 bridgehead atoms. The van der Waals surface area contributed by atoms with Crippen molar-refractivity contribution in [3.8, 4) is 0 Å². The lowest BCUT2D eigenvalue weighted by Crippen LogP contribution is -2.33. The van der Waals surface area contributed by atoms with Crippen LogP contribution in [0, 0.1) is 0 Å². The van der Waals surface area contributed by atoms with E-state index in [1.54, 1.807) is 11.3 Å². The Kier molecular flexibility index (Phi) is 4.08. The molecule has 0 saturated carbocycles. The number of rotatable bonds is 3. The first-order chi connectivity index (χ1) is 7.42. The Labute approximate surface area is 93.9 Å². The molecule has 1 aromatic heterocycles. The lowest BCUT2D eigenvalue weighted by atomic mass is 10.2. The maximum absolute atomic E-state index is 9.46. The predicted octanol–water partition coefficient (Wildman–Crippen LogP) is 0.472. The van der Waals surface area contributed by atoms with Crippen LogP contribution >= 0.6 is 11.3 Å². The SMILES string of the molecule is OCC(c1cncs1)N1CCCNCC1. The topological polar surface area (TPSA) is 48.4 Å². The molecule has 1 saturated heterocycles. The lowest BCUT2D eigenvalue weighted by Gasteiger charge is -2.27. The summed E-state index contributed by atoms with van der Waals surface area (Å²) in [5.74, 6) is 0. The number of hydrogen-bond acceptors (Lipinski definition) is 5. The lowest BCUT2D eigenvalue weighted by molar-refractivity contribution is 0.132. The molecule has 2 rings (SSSR count). The molecule has 5 heteroatoms. The molecule has 1 atom stereocenters. The second-order valence-corrected chi connectivity index (χ2v) is 4.66. The first-order valence-corrected chi connectivity index (χ1v) is 6.24. The summed E-state index contributed by atoms with van der Waals surface area (Å²) in [7, 11) is 0. The molecular formula is C10H17N3OS. The average molecular weight is 227 g/mol. The number of aliphatic hydroxyl groups is 1. The Hall–Kier alpha value is -0.490. The third-order valence-corrected chi connectivity index (χ3v) is 3.65. The van der Waals surface area contributed by atoms with Crippen LogP contribution in [-0.2, 0) is 0 Å². The van der Waals surface area contributed by atoms with Gasteiger partial charge in [0.1, 0.15) is 0 Å². The van der Waals surface area contributed by atoms with Crippen molar-refractivity contribution in [3.05, 3.63) is 16.6 Å². The van der Waals surface area contributed by atoms with E-state index in [1.807, 2.05) is 11.7 Å². The van der Waals surface area contributed by atoms with Gasteiger partial charge in [-0.3, -0.25) is 9.88 Å². The van der Waals surface area contributed by atoms with E-state index in [0.717, 1.165) is 32.6 Å². The van der Waals surface area contributed by atoms with Crippen LogP contribution in [0.5, 0.6) is 0 Å². The molecule has 4 nitrogen and oxygen atoms in total. The van der Waals surface area contributed by atoms with E-state index in [4.69, 9.17) is 0 Å². The fourth-order valence-electron chi connectivity index (χ4n) is 1.95. The summed E-state index contributed by atoms with van der Waals surface area (Å²) in [4.78, 5) is 7.58. The molecule has 0 amide bonds. The van der Waals surface area contributed by atoms with E-state index >= 15 is 0 Å². The summed E-state index contributed by atoms with van der Waals surface area (Å²) in [5.41, 5.74) is 1.83. The molecule has 2 heterocycles. The fraction of sp³-hybridized carbons (Fsp3) is 0.700. The van der Waals surface area contributed by atoms with Gasteiger partial charge in [0.25, 0.3) is 0 Å². The van der Waals surface area contributed by atoms with Crippen molar-refractivity contribution in [2.75, 3.05) is 32.8 Å². The summed E-state index contributed by atoms with van der Waals surface area (Å²) in [6, 6.07) is 0.136. The van der Waals surface area contributed by atoms with E-state index < -0.39 is 0 Å². The van der Waals surface area contributed by atoms with Crippen LogP contribution in [0.2, 0.25) is 0 Å². The molecule has 0 radical (unpaired) electrons. The number of aliphatic hydroxyl groups excluding tert-OH is 1. The highest BCUT2D eigenvalue weighted by Gasteiger charge is 2.21. The molecule has 1 unspecified atom stereocenters. The van der Waals surface area contributed by atoms with E-state index in [1.165, 1.54) is 4.88 Å². The van der Waals surface area contributed by atoms with Crippen LogP contribution in [-0.4, -0.2) is 47.8 Å². The zero-order valence-corrected chi connectivity index (χ0v) is 9.54. The highest BCUT2D eigenvalue weighted by molar-refractivity contribution is 7.09. The van der Waals surface area contributed by atoms with Crippen LogP contribution in [0.3, 0.4) is 0 Å². The summed E-state index contributed by atoms with van der Waals surface area (Å²) in [5, 5.41) is 12.8. The largest absolute Gasteiger partial charge is 0.394 e. The molecule has 15 heavy (non-hydrogen) atoms. The van der Waals surface area contributed by atoms with Gasteiger partial charge in [-0.05, 0) is 13.0 Å². The summed E-state index contributed by atoms with van der Waals surface area (Å²) in [6.07, 6.45) is 3.01. The number of nitrogens with one attached hydrogen (secondary N) is 1. The highest BCUT2D eigenvalue weighted by Crippen LogP contribution is 2.23. The van der Waals surface area contributed by atoms with Crippen LogP contribution in [0.25, 0.3) is 0 Å². The molecule has 1 aromatic rings. The van der Waals surface area contributed by atoms with Crippen molar-refractivity contribution in [2.24, 2.45) is 0 Å². The molecule has 2 N–H and O–H groups in total. The quantitative estimate of drug-likeness (QED) is 0.788. The first-order valence-electron chi connectivity index (χ1n) is 5.36. The van der Waals surface area contributed by atoms with Gasteiger partial charge >= 0.3 is 0 Å². The number of nitrogens with zero attached hydrogens (tertiary/aromatic N) is 2. The van der Waals surface area contributed by atoms with E-state index in [9.17, 15) is 5.11 Å². The van der Waals surface area contributed by atoms with Gasteiger partial charge in [0.2, 0.25) is 0 Å². The molecular weight excluding hydrogens is 210 g/mol. The minimum absolute atomic E-state index is 0.136. The van der Waals surface area contributed by atoms with Gasteiger partial charge in [0.05, 0.1) is 18.2 Å². The maximum Gasteiger partial charge on any atom is 0.0794 e. The van der Waals surface area contributed by atoms with Crippen LogP contribution in [0.1, 0.15) is 17.3 Å². The molecule has 0 spiro atoms. The fourth-order valence-corrected chi connectivity index (χ4v) is 2.70. The van der Waals surface area contributed by atoms with Crippen molar-refractivity contribution in [1.82, 2.24) is 15.2 Å². The first kappa shape index (κ1) is 11.0. The second kappa shape index (κ2) is 5.55. The van der Waals surface area contributed by atoms with Crippen LogP contribution in [0.4, 0.5) is 0 Å². The minimum atomic E-state index is 0.136. The van der Waals surface area contributed by atoms with Crippen LogP contribution < -0.4 is 5.32 Å². The summed E-state index contributed by atoms with van der Waals surface area (Å²) in [6.45, 7) is 4.33. The van der Waals surface area contributed by atoms with Crippen molar-refractivity contribution >= 4 is 11.3 Å². The van der Waals surface area contributed by atoms with E-state index in [2.05, 4.69) is 15.2 Å². The van der Waals surface area contributed by atoms with Crippen molar-refractivity contribution < 1.29 is 5.11 Å². The Morgan fingerprint density at radius 1 is 1.53 bits per heavy atom. The molecule has 1 fully saturated rings. The molecule has 84 valence electrons. The Balaban J connectivity index is 2.04. The van der Waals surface area contributed by atoms with Gasteiger partial charge < -0.3 is 10.4 Å². The van der Waals surface area contributed by atoms with E-state index in [0.29, 0.717) is 0 Å². The Bertz CT molecular complexity index is 270. The normalized spacial score (nSPS) is 21.1. The smallest absolute Gasteiger partial charge is 0.0794 e. The number of thiazole rings is 1. The van der Waals surface area contributed by atoms with E-state index in [-0.39, 0.29) is 12.6 Å². The monoisotopic (exact) mass is 227 g/mol. The number of aromatic nitrogens is 1. The average Bonchev–Trinajstić information content (AvgIpc) is 2.63. The van der Waals surface area contributed by atoms with Crippen molar-refractivity contribution in [3.63, 3.8) is 0 Å². The zero-order chi connectivity index (χ0) is 10.5. The second-order valence-electron chi connectivity index (χ2n) is 3.74. The van der Waals surface area contributed by atoms with Gasteiger partial charge in [0.15, 0.2) is 0 Å². The van der Waals surface area contributed by atoms with Gasteiger partial charge in [-0.2, -0.15) is 0 Å². The Morgan fingerprint density at radius 2 is 2.47 bits per heavy atom. The Morgan fingerprint density at radius 3 is 3.20 bits per heavy atom. The molecule has 0 aliphatic carbocycles. The third-order valence-electron chi connectivity index (χ3n) is 2.77. The van der Waals surface area contributed by atoms with Crippen molar-refractivity contribution in [2.45, 2.75) is 12.5 Å². The van der Waals surface area contributed by atoms with Gasteiger partial charge in [0, 0.05) is 30.7 Å². The van der Waals surface area contributed by atoms with Crippen LogP contribution in [0.15, 0.2) is 11.7 Å². The summed E-state index contributed by atoms with van der Waals surface area (Å²) >= 11 is 1.62. The third kappa shape index (κ3) is 2.75. The molecule has 1 aliphatic heterocycles. The zero-order valence-electron chi connectivity index (χ0n) is 8.72. The van der Waals surface area contributed by atoms with Gasteiger partial charge in [-0.25, -0.2) is 0 Å².